The second-order valence-electron chi connectivity index (χ2n) is 9.53. The lowest BCUT2D eigenvalue weighted by atomic mass is 10.0. The molecule has 0 aliphatic carbocycles. The van der Waals surface area contributed by atoms with E-state index in [1.807, 2.05) is 62.4 Å². The second-order valence-corrected chi connectivity index (χ2v) is 9.53. The SMILES string of the molecule is CC1(C)OCc2cc([C@H](O)CNCCCCCCOC(CCC(F)F)c3ccccc3)ccc2O1. The van der Waals surface area contributed by atoms with E-state index >= 15 is 0 Å². The summed E-state index contributed by atoms with van der Waals surface area (Å²) in [6, 6.07) is 15.3. The minimum Gasteiger partial charge on any atom is -0.463 e. The zero-order valence-electron chi connectivity index (χ0n) is 20.8. The molecule has 0 aromatic heterocycles. The van der Waals surface area contributed by atoms with Crippen molar-refractivity contribution in [2.75, 3.05) is 19.7 Å². The first-order valence-corrected chi connectivity index (χ1v) is 12.6. The van der Waals surface area contributed by atoms with Gasteiger partial charge in [0.05, 0.1) is 18.8 Å². The summed E-state index contributed by atoms with van der Waals surface area (Å²) in [6.45, 7) is 6.11. The van der Waals surface area contributed by atoms with Crippen molar-refractivity contribution in [2.24, 2.45) is 0 Å². The maximum absolute atomic E-state index is 12.7. The molecule has 0 fully saturated rings. The van der Waals surface area contributed by atoms with Crippen molar-refractivity contribution in [1.82, 2.24) is 5.32 Å². The number of ether oxygens (including phenoxy) is 3. The second kappa shape index (κ2) is 13.9. The Balaban J connectivity index is 1.27. The highest BCUT2D eigenvalue weighted by Gasteiger charge is 2.27. The van der Waals surface area contributed by atoms with Gasteiger partial charge in [-0.25, -0.2) is 8.78 Å². The van der Waals surface area contributed by atoms with Crippen LogP contribution in [0.15, 0.2) is 48.5 Å². The maximum atomic E-state index is 12.7. The van der Waals surface area contributed by atoms with Gasteiger partial charge >= 0.3 is 0 Å². The first-order chi connectivity index (χ1) is 16.8. The van der Waals surface area contributed by atoms with Crippen LogP contribution in [0.4, 0.5) is 8.78 Å². The molecule has 0 spiro atoms. The van der Waals surface area contributed by atoms with Crippen molar-refractivity contribution in [3.05, 3.63) is 65.2 Å². The van der Waals surface area contributed by atoms with Gasteiger partial charge in [-0.1, -0.05) is 49.2 Å². The molecule has 0 saturated heterocycles. The Bertz CT molecular complexity index is 879. The fourth-order valence-corrected chi connectivity index (χ4v) is 4.14. The van der Waals surface area contributed by atoms with Gasteiger partial charge in [0.15, 0.2) is 0 Å². The minimum absolute atomic E-state index is 0.151. The zero-order valence-corrected chi connectivity index (χ0v) is 20.8. The topological polar surface area (TPSA) is 60.0 Å². The van der Waals surface area contributed by atoms with Crippen LogP contribution in [-0.4, -0.2) is 37.0 Å². The third-order valence-corrected chi connectivity index (χ3v) is 6.12. The van der Waals surface area contributed by atoms with Crippen molar-refractivity contribution >= 4 is 0 Å². The van der Waals surface area contributed by atoms with E-state index in [-0.39, 0.29) is 12.5 Å². The van der Waals surface area contributed by atoms with Crippen molar-refractivity contribution in [3.8, 4) is 5.75 Å². The number of benzene rings is 2. The Labute approximate surface area is 207 Å². The summed E-state index contributed by atoms with van der Waals surface area (Å²) >= 11 is 0. The number of fused-ring (bicyclic) bond motifs is 1. The molecule has 1 aliphatic rings. The molecular formula is C28H39F2NO4. The quantitative estimate of drug-likeness (QED) is 0.286. The molecule has 2 aromatic carbocycles. The molecule has 7 heteroatoms. The molecule has 194 valence electrons. The molecular weight excluding hydrogens is 452 g/mol. The van der Waals surface area contributed by atoms with Crippen LogP contribution in [0.1, 0.15) is 81.3 Å². The van der Waals surface area contributed by atoms with Crippen LogP contribution < -0.4 is 10.1 Å². The predicted octanol–water partition coefficient (Wildman–Crippen LogP) is 6.32. The third kappa shape index (κ3) is 9.49. The number of nitrogens with one attached hydrogen (secondary N) is 1. The van der Waals surface area contributed by atoms with Crippen LogP contribution in [0, 0.1) is 0 Å². The standard InChI is InChI=1S/C28H39F2NO4/c1-28(2)34-20-23-18-22(12-13-26(23)35-28)24(32)19-31-16-8-3-4-9-17-33-25(14-15-27(29)30)21-10-6-5-7-11-21/h5-7,10-13,18,24-25,27,31-32H,3-4,8-9,14-17,19-20H2,1-2H3/t24-,25?/m1/s1. The Morgan fingerprint density at radius 1 is 1.00 bits per heavy atom. The van der Waals surface area contributed by atoms with Crippen molar-refractivity contribution in [2.45, 2.75) is 83.4 Å². The van der Waals surface area contributed by atoms with Gasteiger partial charge in [-0.05, 0) is 49.1 Å². The molecule has 5 nitrogen and oxygen atoms in total. The van der Waals surface area contributed by atoms with Crippen molar-refractivity contribution in [3.63, 3.8) is 0 Å². The highest BCUT2D eigenvalue weighted by Crippen LogP contribution is 2.33. The smallest absolute Gasteiger partial charge is 0.238 e. The lowest BCUT2D eigenvalue weighted by Crippen LogP contribution is -2.35. The Morgan fingerprint density at radius 2 is 1.77 bits per heavy atom. The van der Waals surface area contributed by atoms with Gasteiger partial charge in [-0.15, -0.1) is 0 Å². The molecule has 2 atom stereocenters. The lowest BCUT2D eigenvalue weighted by molar-refractivity contribution is -0.180. The molecule has 2 N–H and O–H groups in total. The first-order valence-electron chi connectivity index (χ1n) is 12.6. The van der Waals surface area contributed by atoms with Gasteiger partial charge in [-0.2, -0.15) is 0 Å². The number of aliphatic hydroxyl groups excluding tert-OH is 1. The average Bonchev–Trinajstić information content (AvgIpc) is 2.84. The number of rotatable bonds is 15. The van der Waals surface area contributed by atoms with Gasteiger partial charge in [0.25, 0.3) is 0 Å². The number of halogens is 2. The Kier molecular flexibility index (Phi) is 10.9. The number of unbranched alkanes of at least 4 members (excludes halogenated alkanes) is 3. The molecule has 0 amide bonds. The fraction of sp³-hybridized carbons (Fsp3) is 0.571. The Morgan fingerprint density at radius 3 is 2.54 bits per heavy atom. The molecule has 35 heavy (non-hydrogen) atoms. The van der Waals surface area contributed by atoms with Crippen LogP contribution >= 0.6 is 0 Å². The van der Waals surface area contributed by atoms with Crippen LogP contribution in [0.5, 0.6) is 5.75 Å². The van der Waals surface area contributed by atoms with Crippen LogP contribution in [0.25, 0.3) is 0 Å². The average molecular weight is 492 g/mol. The van der Waals surface area contributed by atoms with Crippen molar-refractivity contribution in [1.29, 1.82) is 0 Å². The zero-order chi connectivity index (χ0) is 25.1. The minimum atomic E-state index is -2.31. The third-order valence-electron chi connectivity index (χ3n) is 6.12. The summed E-state index contributed by atoms with van der Waals surface area (Å²) in [5.74, 6) is 0.178. The molecule has 1 aliphatic heterocycles. The monoisotopic (exact) mass is 491 g/mol. The summed E-state index contributed by atoms with van der Waals surface area (Å²) in [4.78, 5) is 0. The van der Waals surface area contributed by atoms with Gasteiger partial charge in [0, 0.05) is 39.0 Å². The summed E-state index contributed by atoms with van der Waals surface area (Å²) in [6.07, 6.45) is 0.966. The lowest BCUT2D eigenvalue weighted by Gasteiger charge is -2.33. The van der Waals surface area contributed by atoms with Gasteiger partial charge in [0.2, 0.25) is 12.2 Å². The molecule has 0 saturated carbocycles. The molecule has 2 aromatic rings. The number of alkyl halides is 2. The Hall–Kier alpha value is -2.06. The van der Waals surface area contributed by atoms with Crippen LogP contribution in [0.2, 0.25) is 0 Å². The molecule has 0 radical (unpaired) electrons. The first kappa shape index (κ1) is 27.5. The van der Waals surface area contributed by atoms with E-state index in [2.05, 4.69) is 5.32 Å². The van der Waals surface area contributed by atoms with E-state index in [0.717, 1.165) is 54.7 Å². The molecule has 1 unspecified atom stereocenters. The summed E-state index contributed by atoms with van der Waals surface area (Å²) in [5, 5.41) is 13.8. The summed E-state index contributed by atoms with van der Waals surface area (Å²) in [5.41, 5.74) is 2.76. The molecule has 0 bridgehead atoms. The van der Waals surface area contributed by atoms with E-state index in [0.29, 0.717) is 26.2 Å². The van der Waals surface area contributed by atoms with Gasteiger partial charge in [-0.3, -0.25) is 0 Å². The summed E-state index contributed by atoms with van der Waals surface area (Å²) in [7, 11) is 0. The number of aliphatic hydroxyl groups is 1. The predicted molar refractivity (Wildman–Crippen MR) is 133 cm³/mol. The number of hydrogen-bond donors (Lipinski definition) is 2. The van der Waals surface area contributed by atoms with Crippen molar-refractivity contribution < 1.29 is 28.1 Å². The van der Waals surface area contributed by atoms with Crippen LogP contribution in [0.3, 0.4) is 0 Å². The molecule has 3 rings (SSSR count). The highest BCUT2D eigenvalue weighted by molar-refractivity contribution is 5.39. The van der Waals surface area contributed by atoms with E-state index in [4.69, 9.17) is 14.2 Å². The maximum Gasteiger partial charge on any atom is 0.238 e. The van der Waals surface area contributed by atoms with E-state index < -0.39 is 18.3 Å². The largest absolute Gasteiger partial charge is 0.463 e. The van der Waals surface area contributed by atoms with E-state index in [9.17, 15) is 13.9 Å². The van der Waals surface area contributed by atoms with Gasteiger partial charge in [0.1, 0.15) is 5.75 Å². The van der Waals surface area contributed by atoms with E-state index in [1.54, 1.807) is 0 Å². The fourth-order valence-electron chi connectivity index (χ4n) is 4.14. The highest BCUT2D eigenvalue weighted by atomic mass is 19.3. The molecule has 1 heterocycles. The van der Waals surface area contributed by atoms with Crippen LogP contribution in [-0.2, 0) is 16.1 Å². The normalized spacial score (nSPS) is 16.5. The van der Waals surface area contributed by atoms with Gasteiger partial charge < -0.3 is 24.6 Å². The van der Waals surface area contributed by atoms with E-state index in [1.165, 1.54) is 0 Å². The number of hydrogen-bond acceptors (Lipinski definition) is 5. The summed E-state index contributed by atoms with van der Waals surface area (Å²) < 4.78 is 42.7.